The fraction of sp³-hybridized carbons (Fsp3) is 0.0130. The summed E-state index contributed by atoms with van der Waals surface area (Å²) in [6.07, 6.45) is 0. The topological polar surface area (TPSA) is 3.24 Å². The minimum atomic E-state index is -2.73. The number of hydrogen-bond acceptors (Lipinski definition) is 1. The van der Waals surface area contributed by atoms with Gasteiger partial charge in [-0.3, -0.25) is 0 Å². The van der Waals surface area contributed by atoms with Crippen LogP contribution in [0.2, 0.25) is 0 Å². The molecule has 79 heavy (non-hydrogen) atoms. The molecule has 0 unspecified atom stereocenters. The first-order valence-corrected chi connectivity index (χ1v) is 29.5. The van der Waals surface area contributed by atoms with Crippen LogP contribution < -0.4 is 25.6 Å². The predicted molar refractivity (Wildman–Crippen MR) is 335 cm³/mol. The number of hydrogen-bond donors (Lipinski definition) is 0. The lowest BCUT2D eigenvalue weighted by atomic mass is 9.67. The van der Waals surface area contributed by atoms with E-state index in [1.165, 1.54) is 98.3 Å². The Morgan fingerprint density at radius 1 is 0.253 bits per heavy atom. The minimum absolute atomic E-state index is 0.562. The molecule has 0 amide bonds. The van der Waals surface area contributed by atoms with Gasteiger partial charge in [-0.05, 0) is 146 Å². The van der Waals surface area contributed by atoms with Crippen LogP contribution in [0.4, 0.5) is 17.1 Å². The zero-order valence-electron chi connectivity index (χ0n) is 43.5. The van der Waals surface area contributed by atoms with Gasteiger partial charge in [0.2, 0.25) is 0 Å². The van der Waals surface area contributed by atoms with Gasteiger partial charge in [0.1, 0.15) is 0 Å². The summed E-state index contributed by atoms with van der Waals surface area (Å²) >= 11 is 0. The predicted octanol–water partition coefficient (Wildman–Crippen LogP) is 17.0. The zero-order valence-corrected chi connectivity index (χ0v) is 44.5. The molecule has 0 fully saturated rings. The molecule has 1 aliphatic carbocycles. The van der Waals surface area contributed by atoms with E-state index in [1.54, 1.807) is 0 Å². The maximum absolute atomic E-state index is 2.73. The van der Waals surface area contributed by atoms with Crippen molar-refractivity contribution in [2.75, 3.05) is 4.90 Å². The van der Waals surface area contributed by atoms with Crippen molar-refractivity contribution in [3.05, 3.63) is 344 Å². The van der Waals surface area contributed by atoms with Crippen LogP contribution in [0.3, 0.4) is 0 Å². The molecule has 0 saturated carbocycles. The Morgan fingerprint density at radius 3 is 1.44 bits per heavy atom. The van der Waals surface area contributed by atoms with E-state index < -0.39 is 13.5 Å². The van der Waals surface area contributed by atoms with E-state index in [9.17, 15) is 0 Å². The fourth-order valence-corrected chi connectivity index (χ4v) is 18.8. The number of nitrogens with zero attached hydrogens (tertiary/aromatic N) is 1. The molecule has 13 aromatic rings. The number of fused-ring (bicyclic) bond motifs is 7. The highest BCUT2D eigenvalue weighted by Gasteiger charge is 2.49. The van der Waals surface area contributed by atoms with E-state index in [0.717, 1.165) is 28.2 Å². The molecule has 1 aliphatic heterocycles. The third-order valence-corrected chi connectivity index (χ3v) is 21.9. The Labute approximate surface area is 463 Å². The maximum atomic E-state index is 2.51. The van der Waals surface area contributed by atoms with Crippen molar-refractivity contribution in [3.8, 4) is 55.6 Å². The summed E-state index contributed by atoms with van der Waals surface area (Å²) in [5.74, 6) is 0. The molecular formula is C77H53NSi. The van der Waals surface area contributed by atoms with E-state index in [-0.39, 0.29) is 0 Å². The van der Waals surface area contributed by atoms with Crippen LogP contribution in [0, 0.1) is 0 Å². The van der Waals surface area contributed by atoms with Crippen LogP contribution in [-0.4, -0.2) is 8.07 Å². The average molecular weight is 1020 g/mol. The Hall–Kier alpha value is -9.86. The summed E-state index contributed by atoms with van der Waals surface area (Å²) in [5.41, 5.74) is 20.0. The van der Waals surface area contributed by atoms with Gasteiger partial charge in [-0.1, -0.05) is 279 Å². The van der Waals surface area contributed by atoms with E-state index in [4.69, 9.17) is 0 Å². The van der Waals surface area contributed by atoms with Crippen LogP contribution in [0.1, 0.15) is 22.3 Å². The molecule has 0 spiro atoms. The highest BCUT2D eigenvalue weighted by molar-refractivity contribution is 7.22. The summed E-state index contributed by atoms with van der Waals surface area (Å²) < 4.78 is 0. The molecule has 15 rings (SSSR count). The zero-order chi connectivity index (χ0) is 52.3. The molecular weight excluding hydrogens is 967 g/mol. The SMILES string of the molecule is c1ccc(-c2cc(-c3cccc([Si]4(c5ccccc5)c5ccccc5-c5ccccc54)c3)ccc2N(c2ccc(-c3ccc4ccccc4c3)cc2)c2ccc3c(c2)C(c2ccccc2)(c2ccccc2)c2ccccc2-3)cc1. The van der Waals surface area contributed by atoms with Gasteiger partial charge in [-0.25, -0.2) is 0 Å². The van der Waals surface area contributed by atoms with Gasteiger partial charge in [-0.2, -0.15) is 0 Å². The molecule has 2 aliphatic rings. The third kappa shape index (κ3) is 7.37. The second kappa shape index (κ2) is 19.0. The molecule has 1 heterocycles. The second-order valence-corrected chi connectivity index (χ2v) is 24.8. The van der Waals surface area contributed by atoms with Crippen LogP contribution in [-0.2, 0) is 5.41 Å². The first-order chi connectivity index (χ1) is 39.2. The van der Waals surface area contributed by atoms with Gasteiger partial charge in [0.05, 0.1) is 11.1 Å². The Morgan fingerprint density at radius 2 is 0.747 bits per heavy atom. The van der Waals surface area contributed by atoms with Crippen LogP contribution in [0.15, 0.2) is 322 Å². The summed E-state index contributed by atoms with van der Waals surface area (Å²) in [6, 6.07) is 120. The lowest BCUT2D eigenvalue weighted by Crippen LogP contribution is -2.72. The standard InChI is InChI=1S/C77H53NSi/c1-5-23-56(24-6-1)71-52-60(58-26-21-33-66(51-58)79(65-31-11-4-12-32-65)75-38-19-16-35-69(75)70-36-17-20-39-76(70)79)44-49-74(71)78(63-45-42-55(43-46-63)59-41-40-54-22-13-14-25-57(54)50-59)64-47-48-68-67-34-15-18-37-72(67)77(73(68)53-64,61-27-7-2-8-28-61)62-29-9-3-10-30-62/h1-53H. The largest absolute Gasteiger partial charge is 0.310 e. The summed E-state index contributed by atoms with van der Waals surface area (Å²) in [7, 11) is -2.73. The molecule has 2 heteroatoms. The maximum Gasteiger partial charge on any atom is 0.180 e. The molecule has 0 saturated heterocycles. The molecule has 1 nitrogen and oxygen atoms in total. The van der Waals surface area contributed by atoms with Crippen LogP contribution in [0.25, 0.3) is 66.4 Å². The van der Waals surface area contributed by atoms with Gasteiger partial charge >= 0.3 is 0 Å². The fourth-order valence-electron chi connectivity index (χ4n) is 13.6. The highest BCUT2D eigenvalue weighted by Crippen LogP contribution is 2.57. The number of anilines is 3. The van der Waals surface area contributed by atoms with E-state index in [0.29, 0.717) is 0 Å². The molecule has 0 radical (unpaired) electrons. The molecule has 370 valence electrons. The summed E-state index contributed by atoms with van der Waals surface area (Å²) in [5, 5.41) is 8.15. The Bertz CT molecular complexity index is 4330. The molecule has 0 N–H and O–H groups in total. The normalized spacial score (nSPS) is 13.3. The van der Waals surface area contributed by atoms with Crippen molar-refractivity contribution < 1.29 is 0 Å². The molecule has 0 aromatic heterocycles. The van der Waals surface area contributed by atoms with Crippen molar-refractivity contribution in [1.29, 1.82) is 0 Å². The quantitative estimate of drug-likeness (QED) is 0.123. The first-order valence-electron chi connectivity index (χ1n) is 27.5. The van der Waals surface area contributed by atoms with Gasteiger partial charge in [-0.15, -0.1) is 0 Å². The smallest absolute Gasteiger partial charge is 0.180 e. The van der Waals surface area contributed by atoms with E-state index >= 15 is 0 Å². The molecule has 0 bridgehead atoms. The monoisotopic (exact) mass is 1020 g/mol. The first kappa shape index (κ1) is 46.4. The Balaban J connectivity index is 0.945. The van der Waals surface area contributed by atoms with Gasteiger partial charge in [0.15, 0.2) is 8.07 Å². The molecule has 13 aromatic carbocycles. The summed E-state index contributed by atoms with van der Waals surface area (Å²) in [4.78, 5) is 2.50. The van der Waals surface area contributed by atoms with Gasteiger partial charge in [0.25, 0.3) is 0 Å². The van der Waals surface area contributed by atoms with Gasteiger partial charge < -0.3 is 4.90 Å². The van der Waals surface area contributed by atoms with Crippen molar-refractivity contribution in [2.45, 2.75) is 5.41 Å². The van der Waals surface area contributed by atoms with E-state index in [2.05, 4.69) is 326 Å². The van der Waals surface area contributed by atoms with E-state index in [1.807, 2.05) is 0 Å². The van der Waals surface area contributed by atoms with Crippen molar-refractivity contribution in [1.82, 2.24) is 0 Å². The summed E-state index contributed by atoms with van der Waals surface area (Å²) in [6.45, 7) is 0. The second-order valence-electron chi connectivity index (χ2n) is 21.1. The van der Waals surface area contributed by atoms with Gasteiger partial charge in [0, 0.05) is 16.9 Å². The number of rotatable bonds is 10. The van der Waals surface area contributed by atoms with Crippen molar-refractivity contribution in [2.24, 2.45) is 0 Å². The molecule has 0 atom stereocenters. The average Bonchev–Trinajstić information content (AvgIpc) is 3.99. The minimum Gasteiger partial charge on any atom is -0.310 e. The lowest BCUT2D eigenvalue weighted by molar-refractivity contribution is 0.768. The lowest BCUT2D eigenvalue weighted by Gasteiger charge is -2.35. The Kier molecular flexibility index (Phi) is 11.2. The third-order valence-electron chi connectivity index (χ3n) is 17.0. The van der Waals surface area contributed by atoms with Crippen LogP contribution in [0.5, 0.6) is 0 Å². The van der Waals surface area contributed by atoms with Crippen molar-refractivity contribution >= 4 is 56.7 Å². The van der Waals surface area contributed by atoms with Crippen molar-refractivity contribution in [3.63, 3.8) is 0 Å². The van der Waals surface area contributed by atoms with Crippen LogP contribution >= 0.6 is 0 Å². The highest BCUT2D eigenvalue weighted by atomic mass is 28.3. The number of benzene rings is 13.